The number of nitrogens with one attached hydrogen (secondary N) is 1. The lowest BCUT2D eigenvalue weighted by molar-refractivity contribution is -0.733. The van der Waals surface area contributed by atoms with Crippen LogP contribution in [0.25, 0.3) is 0 Å². The van der Waals surface area contributed by atoms with Crippen molar-refractivity contribution in [3.05, 3.63) is 60.2 Å². The molecule has 0 fully saturated rings. The number of aliphatic imine (C=N–C) groups is 1. The van der Waals surface area contributed by atoms with E-state index < -0.39 is 0 Å². The van der Waals surface area contributed by atoms with E-state index >= 15 is 0 Å². The molecular formula is C20H27Cl2N3. The summed E-state index contributed by atoms with van der Waals surface area (Å²) in [6.45, 7) is 4.65. The van der Waals surface area contributed by atoms with Gasteiger partial charge in [0.2, 0.25) is 0 Å². The average molecular weight is 380 g/mol. The van der Waals surface area contributed by atoms with Gasteiger partial charge in [0.05, 0.1) is 19.1 Å². The van der Waals surface area contributed by atoms with Crippen molar-refractivity contribution in [3.8, 4) is 0 Å². The van der Waals surface area contributed by atoms with Gasteiger partial charge in [0, 0.05) is 18.9 Å². The molecule has 0 bridgehead atoms. The summed E-state index contributed by atoms with van der Waals surface area (Å²) in [5.74, 6) is 0. The molecule has 0 saturated carbocycles. The van der Waals surface area contributed by atoms with Gasteiger partial charge in [-0.05, 0) is 25.0 Å². The summed E-state index contributed by atoms with van der Waals surface area (Å²) in [4.78, 5) is 5.88. The second-order valence-corrected chi connectivity index (χ2v) is 6.43. The van der Waals surface area contributed by atoms with Crippen LogP contribution in [0.1, 0.15) is 25.3 Å². The minimum Gasteiger partial charge on any atom is -1.00 e. The van der Waals surface area contributed by atoms with Gasteiger partial charge in [-0.25, -0.2) is 0 Å². The number of nitrogens with zero attached hydrogens (tertiary/aromatic N) is 1. The molecule has 0 spiro atoms. The Labute approximate surface area is 163 Å². The van der Waals surface area contributed by atoms with Crippen molar-refractivity contribution in [2.75, 3.05) is 13.1 Å². The lowest BCUT2D eigenvalue weighted by Crippen LogP contribution is -3.05. The Bertz CT molecular complexity index is 646. The molecule has 136 valence electrons. The quantitative estimate of drug-likeness (QED) is 0.437. The molecule has 3 nitrogen and oxygen atoms in total. The highest BCUT2D eigenvalue weighted by Gasteiger charge is 2.19. The fraction of sp³-hybridized carbons (Fsp3) is 0.350. The fourth-order valence-electron chi connectivity index (χ4n) is 3.13. The third-order valence-corrected chi connectivity index (χ3v) is 4.56. The van der Waals surface area contributed by atoms with Gasteiger partial charge in [0.15, 0.2) is 12.0 Å². The normalized spacial score (nSPS) is 15.8. The van der Waals surface area contributed by atoms with Gasteiger partial charge in [0.25, 0.3) is 0 Å². The zero-order chi connectivity index (χ0) is 15.9. The lowest BCUT2D eigenvalue weighted by atomic mass is 10.1. The van der Waals surface area contributed by atoms with Crippen LogP contribution in [0.4, 0.5) is 11.4 Å². The number of hydrogen-bond acceptors (Lipinski definition) is 1. The molecule has 2 unspecified atom stereocenters. The topological polar surface area (TPSA) is 33.4 Å². The number of aryl methyl sites for hydroxylation is 1. The van der Waals surface area contributed by atoms with Crippen molar-refractivity contribution < 1.29 is 35.0 Å². The first-order valence-electron chi connectivity index (χ1n) is 8.69. The third-order valence-electron chi connectivity index (χ3n) is 4.56. The largest absolute Gasteiger partial charge is 1.00 e. The van der Waals surface area contributed by atoms with Crippen LogP contribution in [-0.4, -0.2) is 25.5 Å². The second-order valence-electron chi connectivity index (χ2n) is 6.43. The summed E-state index contributed by atoms with van der Waals surface area (Å²) in [6, 6.07) is 19.9. The number of para-hydroxylation sites is 2. The fourth-order valence-corrected chi connectivity index (χ4v) is 3.13. The molecule has 2 aromatic carbocycles. The number of nitrogens with two attached hydrogens (primary N) is 1. The maximum atomic E-state index is 4.49. The average Bonchev–Trinajstić information content (AvgIpc) is 3.01. The molecule has 1 aliphatic rings. The minimum atomic E-state index is 0. The molecule has 1 heterocycles. The Balaban J connectivity index is 0.00000156. The molecular weight excluding hydrogens is 353 g/mol. The van der Waals surface area contributed by atoms with Gasteiger partial charge in [0.1, 0.15) is 5.69 Å². The van der Waals surface area contributed by atoms with Gasteiger partial charge >= 0.3 is 0 Å². The summed E-state index contributed by atoms with van der Waals surface area (Å²) in [6.07, 6.45) is 5.68. The molecule has 0 aromatic heterocycles. The van der Waals surface area contributed by atoms with Crippen LogP contribution < -0.4 is 35.0 Å². The van der Waals surface area contributed by atoms with E-state index in [1.54, 1.807) is 0 Å². The Kier molecular flexibility index (Phi) is 9.76. The van der Waals surface area contributed by atoms with Gasteiger partial charge in [-0.2, -0.15) is 4.99 Å². The summed E-state index contributed by atoms with van der Waals surface area (Å²) in [5.41, 5.74) is 3.90. The van der Waals surface area contributed by atoms with Gasteiger partial charge in [-0.15, -0.1) is 0 Å². The monoisotopic (exact) mass is 379 g/mol. The Hall–Kier alpha value is -1.39. The number of halogens is 2. The van der Waals surface area contributed by atoms with Gasteiger partial charge in [-0.3, -0.25) is 4.90 Å². The highest BCUT2D eigenvalue weighted by atomic mass is 35.5. The highest BCUT2D eigenvalue weighted by molar-refractivity contribution is 5.71. The van der Waals surface area contributed by atoms with Crippen molar-refractivity contribution in [2.24, 2.45) is 4.99 Å². The molecule has 2 aromatic rings. The summed E-state index contributed by atoms with van der Waals surface area (Å²) in [7, 11) is 0. The maximum absolute atomic E-state index is 4.49. The number of quaternary nitrogens is 2. The van der Waals surface area contributed by atoms with Crippen LogP contribution in [0.5, 0.6) is 0 Å². The molecule has 2 atom stereocenters. The Morgan fingerprint density at radius 1 is 1.00 bits per heavy atom. The van der Waals surface area contributed by atoms with Crippen LogP contribution in [0.3, 0.4) is 0 Å². The van der Waals surface area contributed by atoms with E-state index in [0.29, 0.717) is 6.04 Å². The number of fused-ring (bicyclic) bond motifs is 1. The number of benzene rings is 2. The molecule has 5 heteroatoms. The molecule has 0 saturated heterocycles. The molecule has 0 amide bonds. The lowest BCUT2D eigenvalue weighted by Gasteiger charge is -2.12. The number of hydrogen-bond donors (Lipinski definition) is 2. The van der Waals surface area contributed by atoms with Crippen molar-refractivity contribution >= 4 is 17.7 Å². The standard InChI is InChI=1S/C20H25N3.2ClH/c1-17(12-13-18-8-3-2-4-9-18)21-14-7-15-23-16-22-19-10-5-6-11-20(19)23;;/h2-6,8-11,16-17,21H,7,12-15H2,1H3;2*1H. The minimum absolute atomic E-state index is 0. The first-order chi connectivity index (χ1) is 11.3. The molecule has 25 heavy (non-hydrogen) atoms. The molecule has 1 aliphatic heterocycles. The van der Waals surface area contributed by atoms with Crippen LogP contribution in [-0.2, 0) is 6.42 Å². The van der Waals surface area contributed by atoms with E-state index in [0.717, 1.165) is 12.2 Å². The SMILES string of the molecule is CC(CCc1ccccc1)[NH2+]CCC[NH+]1C=Nc2ccccc21.[Cl-].[Cl-]. The number of rotatable bonds is 8. The van der Waals surface area contributed by atoms with E-state index in [-0.39, 0.29) is 24.8 Å². The molecule has 0 radical (unpaired) electrons. The van der Waals surface area contributed by atoms with Crippen LogP contribution in [0.2, 0.25) is 0 Å². The Morgan fingerprint density at radius 3 is 2.52 bits per heavy atom. The summed E-state index contributed by atoms with van der Waals surface area (Å²) >= 11 is 0. The summed E-state index contributed by atoms with van der Waals surface area (Å²) < 4.78 is 0. The van der Waals surface area contributed by atoms with Crippen molar-refractivity contribution in [2.45, 2.75) is 32.2 Å². The zero-order valence-corrected chi connectivity index (χ0v) is 16.2. The van der Waals surface area contributed by atoms with Crippen LogP contribution >= 0.6 is 0 Å². The molecule has 3 N–H and O–H groups in total. The highest BCUT2D eigenvalue weighted by Crippen LogP contribution is 2.22. The van der Waals surface area contributed by atoms with E-state index in [1.165, 1.54) is 42.0 Å². The van der Waals surface area contributed by atoms with E-state index in [2.05, 4.69) is 71.8 Å². The first kappa shape index (κ1) is 21.7. The van der Waals surface area contributed by atoms with E-state index in [4.69, 9.17) is 0 Å². The van der Waals surface area contributed by atoms with E-state index in [1.807, 2.05) is 6.34 Å². The van der Waals surface area contributed by atoms with Crippen molar-refractivity contribution in [1.29, 1.82) is 0 Å². The van der Waals surface area contributed by atoms with Gasteiger partial charge < -0.3 is 30.1 Å². The first-order valence-corrected chi connectivity index (χ1v) is 8.69. The molecule has 3 rings (SSSR count). The van der Waals surface area contributed by atoms with E-state index in [9.17, 15) is 0 Å². The van der Waals surface area contributed by atoms with Gasteiger partial charge in [-0.1, -0.05) is 42.5 Å². The predicted octanol–water partition coefficient (Wildman–Crippen LogP) is -4.14. The van der Waals surface area contributed by atoms with Crippen molar-refractivity contribution in [3.63, 3.8) is 0 Å². The van der Waals surface area contributed by atoms with Crippen LogP contribution in [0, 0.1) is 0 Å². The predicted molar refractivity (Wildman–Crippen MR) is 95.7 cm³/mol. The smallest absolute Gasteiger partial charge is 0.194 e. The van der Waals surface area contributed by atoms with Crippen LogP contribution in [0.15, 0.2) is 59.6 Å². The Morgan fingerprint density at radius 2 is 1.72 bits per heavy atom. The third kappa shape index (κ3) is 6.44. The maximum Gasteiger partial charge on any atom is 0.194 e. The molecule has 0 aliphatic carbocycles. The second kappa shape index (κ2) is 11.3. The van der Waals surface area contributed by atoms with Crippen molar-refractivity contribution in [1.82, 2.24) is 0 Å². The summed E-state index contributed by atoms with van der Waals surface area (Å²) in [5, 5.41) is 2.49. The zero-order valence-electron chi connectivity index (χ0n) is 14.7.